The normalized spacial score (nSPS) is 27.8. The smallest absolute Gasteiger partial charge is 0.317 e. The fourth-order valence-electron chi connectivity index (χ4n) is 2.11. The van der Waals surface area contributed by atoms with Crippen LogP contribution < -0.4 is 0 Å². The van der Waals surface area contributed by atoms with E-state index in [1.54, 1.807) is 0 Å². The van der Waals surface area contributed by atoms with Crippen LogP contribution in [0.15, 0.2) is 0 Å². The lowest BCUT2D eigenvalue weighted by Crippen LogP contribution is -2.65. The summed E-state index contributed by atoms with van der Waals surface area (Å²) in [6.45, 7) is 2.88. The third-order valence-electron chi connectivity index (χ3n) is 2.99. The molecule has 0 bridgehead atoms. The summed E-state index contributed by atoms with van der Waals surface area (Å²) in [5, 5.41) is 0. The Bertz CT molecular complexity index is 548. The van der Waals surface area contributed by atoms with Crippen molar-refractivity contribution in [3.63, 3.8) is 0 Å². The van der Waals surface area contributed by atoms with Crippen molar-refractivity contribution in [3.8, 4) is 0 Å². The molecule has 0 aromatic heterocycles. The molecule has 1 fully saturated rings. The first kappa shape index (κ1) is 20.7. The average Bonchev–Trinajstić information content (AvgIpc) is 2.43. The maximum Gasteiger partial charge on any atom is 0.317 e. The maximum absolute atomic E-state index is 14.6. The van der Waals surface area contributed by atoms with Crippen molar-refractivity contribution in [1.82, 2.24) is 0 Å². The van der Waals surface area contributed by atoms with E-state index in [1.807, 2.05) is 0 Å². The standard InChI is InChI=1S/C14H18F2O9/c1-6(17)21-5-10-14(15,16)12(23-8(3)19)11(22-7(2)18)13(25-10)24-9(4)20/h10-13H,5H2,1-4H3/t10-,11-,12-,13+/m1/s1. The number of esters is 4. The van der Waals surface area contributed by atoms with E-state index in [1.165, 1.54) is 0 Å². The van der Waals surface area contributed by atoms with Gasteiger partial charge in [0, 0.05) is 27.7 Å². The number of ether oxygens (including phenoxy) is 5. The SMILES string of the molecule is CC(=O)OC[C@H]1O[C@H](OC(C)=O)[C@H](OC(C)=O)[C@@H](OC(C)=O)C1(F)F. The van der Waals surface area contributed by atoms with Crippen LogP contribution in [0.5, 0.6) is 0 Å². The topological polar surface area (TPSA) is 114 Å². The van der Waals surface area contributed by atoms with Crippen LogP contribution in [0.4, 0.5) is 8.78 Å². The van der Waals surface area contributed by atoms with Gasteiger partial charge in [0.15, 0.2) is 6.10 Å². The van der Waals surface area contributed by atoms with Crippen molar-refractivity contribution >= 4 is 23.9 Å². The Kier molecular flexibility index (Phi) is 6.79. The molecule has 0 unspecified atom stereocenters. The zero-order valence-corrected chi connectivity index (χ0v) is 13.9. The van der Waals surface area contributed by atoms with E-state index in [-0.39, 0.29) is 0 Å². The molecule has 0 spiro atoms. The summed E-state index contributed by atoms with van der Waals surface area (Å²) in [6.07, 6.45) is -8.11. The Hall–Kier alpha value is -2.30. The summed E-state index contributed by atoms with van der Waals surface area (Å²) in [4.78, 5) is 44.5. The lowest BCUT2D eigenvalue weighted by atomic mass is 9.97. The molecule has 0 radical (unpaired) electrons. The van der Waals surface area contributed by atoms with Gasteiger partial charge in [-0.1, -0.05) is 0 Å². The minimum Gasteiger partial charge on any atom is -0.463 e. The Balaban J connectivity index is 3.22. The predicted octanol–water partition coefficient (Wildman–Crippen LogP) is 0.336. The van der Waals surface area contributed by atoms with Crippen LogP contribution >= 0.6 is 0 Å². The predicted molar refractivity (Wildman–Crippen MR) is 73.1 cm³/mol. The van der Waals surface area contributed by atoms with Crippen LogP contribution in [0.1, 0.15) is 27.7 Å². The molecule has 4 atom stereocenters. The summed E-state index contributed by atoms with van der Waals surface area (Å²) >= 11 is 0. The first-order chi connectivity index (χ1) is 11.4. The van der Waals surface area contributed by atoms with E-state index in [0.717, 1.165) is 27.7 Å². The third-order valence-corrected chi connectivity index (χ3v) is 2.99. The van der Waals surface area contributed by atoms with Gasteiger partial charge < -0.3 is 23.7 Å². The monoisotopic (exact) mass is 368 g/mol. The molecule has 0 aliphatic carbocycles. The van der Waals surface area contributed by atoms with Gasteiger partial charge in [-0.3, -0.25) is 19.2 Å². The minimum absolute atomic E-state index is 0.852. The third kappa shape index (κ3) is 5.62. The van der Waals surface area contributed by atoms with Gasteiger partial charge in [0.25, 0.3) is 0 Å². The van der Waals surface area contributed by atoms with Gasteiger partial charge in [0.2, 0.25) is 18.5 Å². The number of halogens is 2. The zero-order chi connectivity index (χ0) is 19.4. The Labute approximate surface area is 141 Å². The lowest BCUT2D eigenvalue weighted by Gasteiger charge is -2.43. The summed E-state index contributed by atoms with van der Waals surface area (Å²) in [7, 11) is 0. The van der Waals surface area contributed by atoms with Crippen molar-refractivity contribution in [3.05, 3.63) is 0 Å². The van der Waals surface area contributed by atoms with E-state index in [4.69, 9.17) is 14.2 Å². The Morgan fingerprint density at radius 1 is 0.880 bits per heavy atom. The molecule has 0 saturated carbocycles. The summed E-state index contributed by atoms with van der Waals surface area (Å²) in [6, 6.07) is 0. The Morgan fingerprint density at radius 2 is 1.40 bits per heavy atom. The number of carbonyl (C=O) groups excluding carboxylic acids is 4. The summed E-state index contributed by atoms with van der Waals surface area (Å²) < 4.78 is 52.8. The molecule has 1 aliphatic rings. The molecular weight excluding hydrogens is 350 g/mol. The second kappa shape index (κ2) is 8.19. The molecular formula is C14H18F2O9. The molecule has 25 heavy (non-hydrogen) atoms. The van der Waals surface area contributed by atoms with Gasteiger partial charge in [0.05, 0.1) is 0 Å². The lowest BCUT2D eigenvalue weighted by molar-refractivity contribution is -0.339. The van der Waals surface area contributed by atoms with Gasteiger partial charge in [-0.25, -0.2) is 0 Å². The van der Waals surface area contributed by atoms with E-state index in [2.05, 4.69) is 9.47 Å². The molecule has 1 rings (SSSR count). The highest BCUT2D eigenvalue weighted by molar-refractivity contribution is 5.68. The summed E-state index contributed by atoms with van der Waals surface area (Å²) in [5.41, 5.74) is 0. The molecule has 11 heteroatoms. The van der Waals surface area contributed by atoms with Gasteiger partial charge >= 0.3 is 29.8 Å². The van der Waals surface area contributed by atoms with Crippen LogP contribution in [0.25, 0.3) is 0 Å². The minimum atomic E-state index is -3.90. The fraction of sp³-hybridized carbons (Fsp3) is 0.714. The molecule has 0 aromatic rings. The second-order valence-corrected chi connectivity index (χ2v) is 5.18. The molecule has 0 N–H and O–H groups in total. The quantitative estimate of drug-likeness (QED) is 0.500. The van der Waals surface area contributed by atoms with Gasteiger partial charge in [-0.15, -0.1) is 0 Å². The first-order valence-corrected chi connectivity index (χ1v) is 7.13. The number of hydrogen-bond donors (Lipinski definition) is 0. The fourth-order valence-corrected chi connectivity index (χ4v) is 2.11. The Morgan fingerprint density at radius 3 is 1.84 bits per heavy atom. The maximum atomic E-state index is 14.6. The van der Waals surface area contributed by atoms with E-state index >= 15 is 0 Å². The van der Waals surface area contributed by atoms with Crippen molar-refractivity contribution < 1.29 is 51.6 Å². The van der Waals surface area contributed by atoms with Gasteiger partial charge in [-0.05, 0) is 0 Å². The molecule has 0 aromatic carbocycles. The van der Waals surface area contributed by atoms with Crippen molar-refractivity contribution in [2.24, 2.45) is 0 Å². The molecule has 142 valence electrons. The van der Waals surface area contributed by atoms with Gasteiger partial charge in [0.1, 0.15) is 6.61 Å². The van der Waals surface area contributed by atoms with E-state index < -0.39 is 61.0 Å². The van der Waals surface area contributed by atoms with Crippen molar-refractivity contribution in [2.75, 3.05) is 6.61 Å². The first-order valence-electron chi connectivity index (χ1n) is 7.13. The molecule has 0 amide bonds. The molecule has 1 aliphatic heterocycles. The highest BCUT2D eigenvalue weighted by Gasteiger charge is 2.63. The largest absolute Gasteiger partial charge is 0.463 e. The van der Waals surface area contributed by atoms with Crippen LogP contribution in [0.3, 0.4) is 0 Å². The van der Waals surface area contributed by atoms with Crippen LogP contribution in [-0.4, -0.2) is 61.0 Å². The average molecular weight is 368 g/mol. The molecule has 1 heterocycles. The van der Waals surface area contributed by atoms with E-state index in [0.29, 0.717) is 0 Å². The number of hydrogen-bond acceptors (Lipinski definition) is 9. The number of rotatable bonds is 5. The number of carbonyl (C=O) groups is 4. The van der Waals surface area contributed by atoms with Crippen LogP contribution in [0, 0.1) is 0 Å². The van der Waals surface area contributed by atoms with Crippen LogP contribution in [-0.2, 0) is 42.9 Å². The molecule has 1 saturated heterocycles. The number of alkyl halides is 2. The molecule has 9 nitrogen and oxygen atoms in total. The second-order valence-electron chi connectivity index (χ2n) is 5.18. The summed E-state index contributed by atoms with van der Waals surface area (Å²) in [5.74, 6) is -7.75. The van der Waals surface area contributed by atoms with Crippen molar-refractivity contribution in [2.45, 2.75) is 58.2 Å². The highest BCUT2D eigenvalue weighted by atomic mass is 19.3. The van der Waals surface area contributed by atoms with Gasteiger partial charge in [-0.2, -0.15) is 8.78 Å². The van der Waals surface area contributed by atoms with Crippen LogP contribution in [0.2, 0.25) is 0 Å². The highest BCUT2D eigenvalue weighted by Crippen LogP contribution is 2.38. The van der Waals surface area contributed by atoms with E-state index in [9.17, 15) is 28.0 Å². The van der Waals surface area contributed by atoms with Crippen molar-refractivity contribution in [1.29, 1.82) is 0 Å². The zero-order valence-electron chi connectivity index (χ0n) is 13.9.